The molecule has 0 unspecified atom stereocenters. The van der Waals surface area contributed by atoms with Crippen molar-refractivity contribution in [1.82, 2.24) is 0 Å². The normalized spacial score (nSPS) is 7.71. The van der Waals surface area contributed by atoms with Crippen LogP contribution in [0.4, 0.5) is 4.39 Å². The summed E-state index contributed by atoms with van der Waals surface area (Å²) in [5, 5.41) is 0. The van der Waals surface area contributed by atoms with E-state index in [-0.39, 0.29) is 12.6 Å². The van der Waals surface area contributed by atoms with Gasteiger partial charge >= 0.3 is 0 Å². The Morgan fingerprint density at radius 2 is 1.43 bits per heavy atom. The molecule has 0 aromatic rings. The lowest BCUT2D eigenvalue weighted by Crippen LogP contribution is -1.84. The van der Waals surface area contributed by atoms with Crippen LogP contribution in [0.15, 0.2) is 0 Å². The maximum Gasteiger partial charge on any atom is 0.0917 e. The molecule has 0 spiro atoms. The van der Waals surface area contributed by atoms with E-state index in [0.29, 0.717) is 0 Å². The first-order valence-electron chi connectivity index (χ1n) is 2.83. The van der Waals surface area contributed by atoms with Crippen molar-refractivity contribution in [2.75, 3.05) is 6.67 Å². The Bertz CT molecular complexity index is 18.1. The first-order valence-corrected chi connectivity index (χ1v) is 2.83. The second-order valence-electron chi connectivity index (χ2n) is 1.55. The standard InChI is InChI=1S/C4H9F.C2H6/c1-4(2)3-5;1-2/h4H,3H2,1-2H3;1-2H3. The Kier molecular flexibility index (Phi) is 13.4. The molecule has 0 radical (unpaired) electrons. The molecule has 0 rings (SSSR count). The number of hydrogen-bond donors (Lipinski definition) is 0. The second kappa shape index (κ2) is 9.33. The summed E-state index contributed by atoms with van der Waals surface area (Å²) in [6.07, 6.45) is 0. The zero-order chi connectivity index (χ0) is 6.28. The van der Waals surface area contributed by atoms with Crippen LogP contribution in [0.5, 0.6) is 0 Å². The molecule has 0 atom stereocenters. The van der Waals surface area contributed by atoms with Crippen molar-refractivity contribution in [2.24, 2.45) is 5.92 Å². The van der Waals surface area contributed by atoms with Crippen LogP contribution in [-0.4, -0.2) is 6.67 Å². The summed E-state index contributed by atoms with van der Waals surface area (Å²) in [4.78, 5) is 0. The van der Waals surface area contributed by atoms with Gasteiger partial charge in [0, 0.05) is 0 Å². The molecule has 0 aromatic carbocycles. The van der Waals surface area contributed by atoms with Gasteiger partial charge in [0.05, 0.1) is 6.67 Å². The summed E-state index contributed by atoms with van der Waals surface area (Å²) in [5.74, 6) is 0.218. The van der Waals surface area contributed by atoms with E-state index in [2.05, 4.69) is 0 Å². The van der Waals surface area contributed by atoms with Crippen LogP contribution < -0.4 is 0 Å². The topological polar surface area (TPSA) is 0 Å². The molecule has 0 N–H and O–H groups in total. The van der Waals surface area contributed by atoms with Crippen LogP contribution in [-0.2, 0) is 0 Å². The van der Waals surface area contributed by atoms with Gasteiger partial charge in [0.25, 0.3) is 0 Å². The fourth-order valence-electron chi connectivity index (χ4n) is 0. The average Bonchev–Trinajstić information content (AvgIpc) is 1.73. The highest BCUT2D eigenvalue weighted by molar-refractivity contribution is 4.33. The van der Waals surface area contributed by atoms with E-state index in [0.717, 1.165) is 0 Å². The molecule has 0 heterocycles. The summed E-state index contributed by atoms with van der Waals surface area (Å²) in [6.45, 7) is 7.50. The molecule has 0 amide bonds. The molecule has 0 aliphatic carbocycles. The molecule has 0 saturated carbocycles. The van der Waals surface area contributed by atoms with Crippen molar-refractivity contribution in [2.45, 2.75) is 27.7 Å². The maximum absolute atomic E-state index is 11.1. The Labute approximate surface area is 45.7 Å². The first kappa shape index (κ1) is 10.0. The summed E-state index contributed by atoms with van der Waals surface area (Å²) >= 11 is 0. The van der Waals surface area contributed by atoms with Gasteiger partial charge in [-0.05, 0) is 5.92 Å². The number of alkyl halides is 1. The summed E-state index contributed by atoms with van der Waals surface area (Å²) in [5.41, 5.74) is 0. The fourth-order valence-corrected chi connectivity index (χ4v) is 0. The van der Waals surface area contributed by atoms with Crippen LogP contribution in [0.2, 0.25) is 0 Å². The molecule has 7 heavy (non-hydrogen) atoms. The molecule has 0 aliphatic rings. The van der Waals surface area contributed by atoms with E-state index < -0.39 is 0 Å². The molecular weight excluding hydrogens is 91.1 g/mol. The highest BCUT2D eigenvalue weighted by atomic mass is 19.1. The third kappa shape index (κ3) is 24.6. The van der Waals surface area contributed by atoms with Crippen LogP contribution >= 0.6 is 0 Å². The molecule has 0 saturated heterocycles. The minimum Gasteiger partial charge on any atom is -0.251 e. The number of halogens is 1. The minimum absolute atomic E-state index is 0.194. The summed E-state index contributed by atoms with van der Waals surface area (Å²) in [7, 11) is 0. The zero-order valence-corrected chi connectivity index (χ0v) is 5.66. The SMILES string of the molecule is CC.CC(C)CF. The lowest BCUT2D eigenvalue weighted by molar-refractivity contribution is 0.404. The first-order chi connectivity index (χ1) is 3.27. The van der Waals surface area contributed by atoms with Crippen LogP contribution in [0.25, 0.3) is 0 Å². The molecule has 0 aromatic heterocycles. The average molecular weight is 106 g/mol. The smallest absolute Gasteiger partial charge is 0.0917 e. The van der Waals surface area contributed by atoms with Gasteiger partial charge in [-0.3, -0.25) is 4.39 Å². The van der Waals surface area contributed by atoms with E-state index >= 15 is 0 Å². The zero-order valence-electron chi connectivity index (χ0n) is 5.66. The van der Waals surface area contributed by atoms with E-state index in [1.165, 1.54) is 0 Å². The predicted molar refractivity (Wildman–Crippen MR) is 32.2 cm³/mol. The number of hydrogen-bond acceptors (Lipinski definition) is 0. The Morgan fingerprint density at radius 3 is 1.43 bits per heavy atom. The highest BCUT2D eigenvalue weighted by Gasteiger charge is 1.83. The lowest BCUT2D eigenvalue weighted by atomic mass is 10.3. The van der Waals surface area contributed by atoms with Crippen molar-refractivity contribution in [1.29, 1.82) is 0 Å². The second-order valence-corrected chi connectivity index (χ2v) is 1.55. The predicted octanol–water partition coefficient (Wildman–Crippen LogP) is 2.64. The molecule has 46 valence electrons. The van der Waals surface area contributed by atoms with Gasteiger partial charge in [0.15, 0.2) is 0 Å². The molecule has 0 fully saturated rings. The van der Waals surface area contributed by atoms with Crippen LogP contribution in [0.3, 0.4) is 0 Å². The quantitative estimate of drug-likeness (QED) is 0.482. The third-order valence-corrected chi connectivity index (χ3v) is 0.309. The Morgan fingerprint density at radius 1 is 1.29 bits per heavy atom. The van der Waals surface area contributed by atoms with Crippen molar-refractivity contribution in [3.05, 3.63) is 0 Å². The van der Waals surface area contributed by atoms with Gasteiger partial charge in [0.1, 0.15) is 0 Å². The van der Waals surface area contributed by atoms with Gasteiger partial charge in [0.2, 0.25) is 0 Å². The van der Waals surface area contributed by atoms with Gasteiger partial charge < -0.3 is 0 Å². The maximum atomic E-state index is 11.1. The molecule has 1 heteroatoms. The van der Waals surface area contributed by atoms with Crippen molar-refractivity contribution < 1.29 is 4.39 Å². The fraction of sp³-hybridized carbons (Fsp3) is 1.00. The minimum atomic E-state index is -0.194. The van der Waals surface area contributed by atoms with Gasteiger partial charge in [-0.25, -0.2) is 0 Å². The Balaban J connectivity index is 0. The van der Waals surface area contributed by atoms with Crippen molar-refractivity contribution >= 4 is 0 Å². The lowest BCUT2D eigenvalue weighted by Gasteiger charge is -1.87. The molecule has 0 aliphatic heterocycles. The van der Waals surface area contributed by atoms with Crippen LogP contribution in [0.1, 0.15) is 27.7 Å². The van der Waals surface area contributed by atoms with Crippen LogP contribution in [0, 0.1) is 5.92 Å². The van der Waals surface area contributed by atoms with Crippen molar-refractivity contribution in [3.8, 4) is 0 Å². The number of rotatable bonds is 1. The van der Waals surface area contributed by atoms with Gasteiger partial charge in [-0.15, -0.1) is 0 Å². The van der Waals surface area contributed by atoms with Crippen molar-refractivity contribution in [3.63, 3.8) is 0 Å². The third-order valence-electron chi connectivity index (χ3n) is 0.309. The van der Waals surface area contributed by atoms with Gasteiger partial charge in [-0.2, -0.15) is 0 Å². The summed E-state index contributed by atoms with van der Waals surface area (Å²) < 4.78 is 11.1. The van der Waals surface area contributed by atoms with Gasteiger partial charge in [-0.1, -0.05) is 27.7 Å². The van der Waals surface area contributed by atoms with E-state index in [9.17, 15) is 4.39 Å². The van der Waals surface area contributed by atoms with E-state index in [1.54, 1.807) is 0 Å². The molecular formula is C6H15F. The molecule has 0 bridgehead atoms. The van der Waals surface area contributed by atoms with E-state index in [1.807, 2.05) is 27.7 Å². The Hall–Kier alpha value is -0.0700. The van der Waals surface area contributed by atoms with E-state index in [4.69, 9.17) is 0 Å². The summed E-state index contributed by atoms with van der Waals surface area (Å²) in [6, 6.07) is 0. The molecule has 0 nitrogen and oxygen atoms in total. The highest BCUT2D eigenvalue weighted by Crippen LogP contribution is 1.88. The monoisotopic (exact) mass is 106 g/mol. The largest absolute Gasteiger partial charge is 0.251 e.